The molecule has 0 fully saturated rings. The Hall–Kier alpha value is -2.59. The summed E-state index contributed by atoms with van der Waals surface area (Å²) in [6.07, 6.45) is 0. The van der Waals surface area contributed by atoms with Crippen molar-refractivity contribution in [1.82, 2.24) is 14.8 Å². The molecule has 132 valence electrons. The Kier molecular flexibility index (Phi) is 4.17. The van der Waals surface area contributed by atoms with Gasteiger partial charge in [-0.05, 0) is 26.0 Å². The molecular weight excluding hydrogens is 353 g/mol. The van der Waals surface area contributed by atoms with Crippen LogP contribution in [0.5, 0.6) is 0 Å². The van der Waals surface area contributed by atoms with Crippen LogP contribution in [0.4, 0.5) is 4.39 Å². The maximum Gasteiger partial charge on any atom is 0.264 e. The van der Waals surface area contributed by atoms with Crippen molar-refractivity contribution in [3.8, 4) is 0 Å². The van der Waals surface area contributed by atoms with Crippen LogP contribution in [0.1, 0.15) is 32.2 Å². The first-order valence-electron chi connectivity index (χ1n) is 7.31. The number of hydrogen-bond acceptors (Lipinski definition) is 6. The third-order valence-corrected chi connectivity index (χ3v) is 5.52. The van der Waals surface area contributed by atoms with Gasteiger partial charge in [0.15, 0.2) is 5.76 Å². The number of carbonyl (C=O) groups is 2. The van der Waals surface area contributed by atoms with Crippen LogP contribution in [0.25, 0.3) is 0 Å². The van der Waals surface area contributed by atoms with Crippen LogP contribution in [0.2, 0.25) is 0 Å². The van der Waals surface area contributed by atoms with Gasteiger partial charge in [-0.3, -0.25) is 14.5 Å². The third kappa shape index (κ3) is 2.83. The zero-order valence-corrected chi connectivity index (χ0v) is 14.2. The van der Waals surface area contributed by atoms with Gasteiger partial charge >= 0.3 is 0 Å². The van der Waals surface area contributed by atoms with Crippen molar-refractivity contribution in [1.29, 1.82) is 0 Å². The van der Waals surface area contributed by atoms with E-state index in [2.05, 4.69) is 9.88 Å². The Morgan fingerprint density at radius 2 is 1.96 bits per heavy atom. The number of sulfonamides is 1. The minimum Gasteiger partial charge on any atom is -0.360 e. The van der Waals surface area contributed by atoms with Crippen molar-refractivity contribution in [3.63, 3.8) is 0 Å². The van der Waals surface area contributed by atoms with Gasteiger partial charge < -0.3 is 4.52 Å². The van der Waals surface area contributed by atoms with Crippen molar-refractivity contribution < 1.29 is 26.9 Å². The first-order chi connectivity index (χ1) is 11.7. The molecule has 1 N–H and O–H groups in total. The number of aromatic nitrogens is 1. The fraction of sp³-hybridized carbons (Fsp3) is 0.267. The summed E-state index contributed by atoms with van der Waals surface area (Å²) in [7, 11) is -3.91. The second-order valence-corrected chi connectivity index (χ2v) is 7.18. The predicted molar refractivity (Wildman–Crippen MR) is 82.9 cm³/mol. The molecule has 0 saturated heterocycles. The monoisotopic (exact) mass is 367 g/mol. The molecule has 2 heterocycles. The second kappa shape index (κ2) is 6.05. The van der Waals surface area contributed by atoms with E-state index in [-0.39, 0.29) is 40.6 Å². The average Bonchev–Trinajstić information content (AvgIpc) is 3.00. The predicted octanol–water partition coefficient (Wildman–Crippen LogP) is 1.01. The lowest BCUT2D eigenvalue weighted by atomic mass is 10.1. The third-order valence-electron chi connectivity index (χ3n) is 3.81. The molecule has 3 rings (SSSR count). The van der Waals surface area contributed by atoms with Gasteiger partial charge in [0.05, 0.1) is 11.1 Å². The fourth-order valence-electron chi connectivity index (χ4n) is 2.72. The second-order valence-electron chi connectivity index (χ2n) is 5.48. The smallest absolute Gasteiger partial charge is 0.264 e. The number of hydrogen-bond donors (Lipinski definition) is 1. The number of halogens is 1. The van der Waals surface area contributed by atoms with E-state index in [0.717, 1.165) is 11.0 Å². The molecule has 10 heteroatoms. The van der Waals surface area contributed by atoms with Gasteiger partial charge in [-0.15, -0.1) is 0 Å². The van der Waals surface area contributed by atoms with Gasteiger partial charge in [-0.2, -0.15) is 0 Å². The summed E-state index contributed by atoms with van der Waals surface area (Å²) in [4.78, 5) is 25.1. The summed E-state index contributed by atoms with van der Waals surface area (Å²) in [5.41, 5.74) is -0.118. The zero-order valence-electron chi connectivity index (χ0n) is 13.4. The zero-order chi connectivity index (χ0) is 18.4. The van der Waals surface area contributed by atoms with Crippen LogP contribution < -0.4 is 4.72 Å². The van der Waals surface area contributed by atoms with Crippen LogP contribution in [-0.2, 0) is 10.0 Å². The van der Waals surface area contributed by atoms with Crippen LogP contribution in [0.15, 0.2) is 27.6 Å². The van der Waals surface area contributed by atoms with E-state index in [1.165, 1.54) is 26.0 Å². The van der Waals surface area contributed by atoms with Gasteiger partial charge in [0.25, 0.3) is 11.8 Å². The number of nitrogens with zero attached hydrogens (tertiary/aromatic N) is 2. The Labute approximate surface area is 142 Å². The van der Waals surface area contributed by atoms with Crippen LogP contribution in [0, 0.1) is 19.7 Å². The van der Waals surface area contributed by atoms with Crippen LogP contribution in [0.3, 0.4) is 0 Å². The quantitative estimate of drug-likeness (QED) is 0.790. The number of nitrogens with one attached hydrogen (secondary N) is 1. The molecular formula is C15H14FN3O5S. The normalized spacial score (nSPS) is 14.3. The summed E-state index contributed by atoms with van der Waals surface area (Å²) in [5.74, 6) is -2.09. The molecule has 1 aromatic carbocycles. The molecule has 25 heavy (non-hydrogen) atoms. The molecule has 2 amide bonds. The molecule has 0 aliphatic carbocycles. The highest BCUT2D eigenvalue weighted by atomic mass is 32.2. The molecule has 1 aliphatic heterocycles. The Morgan fingerprint density at radius 1 is 1.24 bits per heavy atom. The SMILES string of the molecule is Cc1noc(C)c1S(=O)(=O)NCCN1C(=O)c2cccc(F)c2C1=O. The van der Waals surface area contributed by atoms with Crippen LogP contribution in [-0.4, -0.2) is 43.4 Å². The molecule has 0 spiro atoms. The van der Waals surface area contributed by atoms with E-state index in [4.69, 9.17) is 4.52 Å². The Balaban J connectivity index is 1.73. The first-order valence-corrected chi connectivity index (χ1v) is 8.79. The molecule has 0 radical (unpaired) electrons. The lowest BCUT2D eigenvalue weighted by Crippen LogP contribution is -2.38. The summed E-state index contributed by atoms with van der Waals surface area (Å²) in [6.45, 7) is 2.49. The van der Waals surface area contributed by atoms with Crippen molar-refractivity contribution >= 4 is 21.8 Å². The van der Waals surface area contributed by atoms with Crippen molar-refractivity contribution in [2.75, 3.05) is 13.1 Å². The molecule has 2 aromatic rings. The van der Waals surface area contributed by atoms with E-state index in [1.807, 2.05) is 0 Å². The topological polar surface area (TPSA) is 110 Å². The van der Waals surface area contributed by atoms with E-state index < -0.39 is 27.7 Å². The number of rotatable bonds is 5. The van der Waals surface area contributed by atoms with Gasteiger partial charge in [-0.1, -0.05) is 11.2 Å². The summed E-state index contributed by atoms with van der Waals surface area (Å²) in [5, 5.41) is 3.57. The molecule has 0 atom stereocenters. The number of fused-ring (bicyclic) bond motifs is 1. The lowest BCUT2D eigenvalue weighted by molar-refractivity contribution is 0.0656. The summed E-state index contributed by atoms with van der Waals surface area (Å²) in [6, 6.07) is 3.78. The lowest BCUT2D eigenvalue weighted by Gasteiger charge is -2.14. The van der Waals surface area contributed by atoms with Gasteiger partial charge in [0.1, 0.15) is 16.4 Å². The van der Waals surface area contributed by atoms with Gasteiger partial charge in [0, 0.05) is 13.1 Å². The van der Waals surface area contributed by atoms with Crippen molar-refractivity contribution in [2.24, 2.45) is 0 Å². The molecule has 8 nitrogen and oxygen atoms in total. The molecule has 0 bridgehead atoms. The van der Waals surface area contributed by atoms with E-state index in [9.17, 15) is 22.4 Å². The van der Waals surface area contributed by atoms with Gasteiger partial charge in [-0.25, -0.2) is 17.5 Å². The summed E-state index contributed by atoms with van der Waals surface area (Å²) >= 11 is 0. The first kappa shape index (κ1) is 17.2. The highest BCUT2D eigenvalue weighted by Crippen LogP contribution is 2.25. The highest BCUT2D eigenvalue weighted by molar-refractivity contribution is 7.89. The van der Waals surface area contributed by atoms with Crippen molar-refractivity contribution in [2.45, 2.75) is 18.7 Å². The fourth-order valence-corrected chi connectivity index (χ4v) is 4.06. The van der Waals surface area contributed by atoms with E-state index in [0.29, 0.717) is 0 Å². The number of benzene rings is 1. The largest absolute Gasteiger partial charge is 0.360 e. The van der Waals surface area contributed by atoms with Crippen molar-refractivity contribution in [3.05, 3.63) is 46.6 Å². The molecule has 1 aliphatic rings. The number of aryl methyl sites for hydroxylation is 2. The summed E-state index contributed by atoms with van der Waals surface area (Å²) < 4.78 is 45.4. The molecule has 0 saturated carbocycles. The van der Waals surface area contributed by atoms with E-state index >= 15 is 0 Å². The van der Waals surface area contributed by atoms with E-state index in [1.54, 1.807) is 0 Å². The standard InChI is InChI=1S/C15H14FN3O5S/c1-8-13(9(2)24-18-8)25(22,23)17-6-7-19-14(20)10-4-3-5-11(16)12(10)15(19)21/h3-5,17H,6-7H2,1-2H3. The minimum absolute atomic E-state index is 0.0291. The van der Waals surface area contributed by atoms with Crippen LogP contribution >= 0.6 is 0 Å². The number of imide groups is 1. The maximum atomic E-state index is 13.7. The average molecular weight is 367 g/mol. The maximum absolute atomic E-state index is 13.7. The van der Waals surface area contributed by atoms with Gasteiger partial charge in [0.2, 0.25) is 10.0 Å². The number of carbonyl (C=O) groups excluding carboxylic acids is 2. The Morgan fingerprint density at radius 3 is 2.56 bits per heavy atom. The highest BCUT2D eigenvalue weighted by Gasteiger charge is 2.37. The molecule has 0 unspecified atom stereocenters. The molecule has 1 aromatic heterocycles. The minimum atomic E-state index is -3.91. The Bertz CT molecular complexity index is 964. The number of amides is 2.